The summed E-state index contributed by atoms with van der Waals surface area (Å²) in [6.45, 7) is 4.84. The smallest absolute Gasteiger partial charge is 0.0158 e. The summed E-state index contributed by atoms with van der Waals surface area (Å²) < 4.78 is 0. The average Bonchev–Trinajstić information content (AvgIpc) is 1.97. The van der Waals surface area contributed by atoms with Gasteiger partial charge in [0.15, 0.2) is 0 Å². The van der Waals surface area contributed by atoms with Crippen LogP contribution in [0.1, 0.15) is 19.3 Å². The van der Waals surface area contributed by atoms with E-state index in [9.17, 15) is 0 Å². The van der Waals surface area contributed by atoms with E-state index in [0.29, 0.717) is 6.04 Å². The molecule has 0 saturated carbocycles. The highest BCUT2D eigenvalue weighted by Gasteiger charge is 2.07. The number of hydrogen-bond donors (Lipinski definition) is 2. The van der Waals surface area contributed by atoms with Gasteiger partial charge in [-0.05, 0) is 19.3 Å². The van der Waals surface area contributed by atoms with E-state index in [1.165, 1.54) is 0 Å². The standard InChI is InChI=1S/C7H14N2/c1-6-2-3-7(8)4-5-9-6/h7,9H,1-5,8H2. The summed E-state index contributed by atoms with van der Waals surface area (Å²) in [6, 6.07) is 0.386. The second-order valence-corrected chi connectivity index (χ2v) is 2.62. The predicted octanol–water partition coefficient (Wildman–Crippen LogP) is 0.601. The van der Waals surface area contributed by atoms with E-state index in [0.717, 1.165) is 31.5 Å². The van der Waals surface area contributed by atoms with Crippen molar-refractivity contribution in [3.63, 3.8) is 0 Å². The second kappa shape index (κ2) is 2.87. The van der Waals surface area contributed by atoms with Crippen molar-refractivity contribution in [3.8, 4) is 0 Å². The van der Waals surface area contributed by atoms with Crippen LogP contribution in [0.3, 0.4) is 0 Å². The van der Waals surface area contributed by atoms with Crippen LogP contribution in [0, 0.1) is 0 Å². The van der Waals surface area contributed by atoms with Crippen molar-refractivity contribution in [3.05, 3.63) is 12.3 Å². The molecule has 1 rings (SSSR count). The highest BCUT2D eigenvalue weighted by Crippen LogP contribution is 2.07. The molecule has 0 bridgehead atoms. The van der Waals surface area contributed by atoms with Crippen molar-refractivity contribution < 1.29 is 0 Å². The number of nitrogens with two attached hydrogens (primary N) is 1. The van der Waals surface area contributed by atoms with Crippen molar-refractivity contribution >= 4 is 0 Å². The normalized spacial score (nSPS) is 29.0. The van der Waals surface area contributed by atoms with Crippen LogP contribution in [0.2, 0.25) is 0 Å². The highest BCUT2D eigenvalue weighted by molar-refractivity contribution is 4.94. The third-order valence-electron chi connectivity index (χ3n) is 1.71. The predicted molar refractivity (Wildman–Crippen MR) is 39.0 cm³/mol. The van der Waals surface area contributed by atoms with Crippen molar-refractivity contribution in [2.45, 2.75) is 25.3 Å². The quantitative estimate of drug-likeness (QED) is 0.499. The summed E-state index contributed by atoms with van der Waals surface area (Å²) in [5.74, 6) is 0. The van der Waals surface area contributed by atoms with E-state index in [1.807, 2.05) is 0 Å². The molecule has 1 heterocycles. The van der Waals surface area contributed by atoms with Gasteiger partial charge in [0.25, 0.3) is 0 Å². The van der Waals surface area contributed by atoms with Crippen LogP contribution in [-0.2, 0) is 0 Å². The van der Waals surface area contributed by atoms with E-state index in [1.54, 1.807) is 0 Å². The van der Waals surface area contributed by atoms with Gasteiger partial charge in [0.1, 0.15) is 0 Å². The minimum Gasteiger partial charge on any atom is -0.389 e. The maximum absolute atomic E-state index is 5.72. The van der Waals surface area contributed by atoms with Crippen molar-refractivity contribution in [2.75, 3.05) is 6.54 Å². The van der Waals surface area contributed by atoms with E-state index in [2.05, 4.69) is 11.9 Å². The summed E-state index contributed by atoms with van der Waals surface area (Å²) in [6.07, 6.45) is 3.21. The van der Waals surface area contributed by atoms with Crippen LogP contribution in [0.15, 0.2) is 12.3 Å². The lowest BCUT2D eigenvalue weighted by atomic mass is 10.1. The van der Waals surface area contributed by atoms with Crippen LogP contribution < -0.4 is 11.1 Å². The lowest BCUT2D eigenvalue weighted by Gasteiger charge is -2.02. The molecular formula is C7H14N2. The molecule has 0 radical (unpaired) electrons. The van der Waals surface area contributed by atoms with Gasteiger partial charge in [-0.2, -0.15) is 0 Å². The maximum Gasteiger partial charge on any atom is 0.0158 e. The molecule has 52 valence electrons. The molecule has 9 heavy (non-hydrogen) atoms. The van der Waals surface area contributed by atoms with Gasteiger partial charge in [-0.25, -0.2) is 0 Å². The number of rotatable bonds is 0. The summed E-state index contributed by atoms with van der Waals surface area (Å²) in [7, 11) is 0. The highest BCUT2D eigenvalue weighted by atomic mass is 14.9. The van der Waals surface area contributed by atoms with Gasteiger partial charge in [-0.1, -0.05) is 6.58 Å². The molecule has 1 aliphatic heterocycles. The Hall–Kier alpha value is -0.500. The fourth-order valence-corrected chi connectivity index (χ4v) is 1.03. The van der Waals surface area contributed by atoms with Crippen molar-refractivity contribution in [1.29, 1.82) is 0 Å². The minimum atomic E-state index is 0.386. The molecule has 1 saturated heterocycles. The Morgan fingerprint density at radius 3 is 3.11 bits per heavy atom. The Bertz CT molecular complexity index is 109. The first-order valence-electron chi connectivity index (χ1n) is 3.46. The molecule has 2 nitrogen and oxygen atoms in total. The molecule has 0 amide bonds. The molecule has 0 aromatic rings. The zero-order valence-electron chi connectivity index (χ0n) is 5.69. The van der Waals surface area contributed by atoms with Crippen molar-refractivity contribution in [2.24, 2.45) is 5.73 Å². The Morgan fingerprint density at radius 2 is 2.33 bits per heavy atom. The third-order valence-corrected chi connectivity index (χ3v) is 1.71. The molecule has 0 aromatic heterocycles. The number of nitrogens with one attached hydrogen (secondary N) is 1. The monoisotopic (exact) mass is 126 g/mol. The first-order valence-corrected chi connectivity index (χ1v) is 3.46. The van der Waals surface area contributed by atoms with Gasteiger partial charge in [-0.3, -0.25) is 0 Å². The van der Waals surface area contributed by atoms with E-state index in [4.69, 9.17) is 5.73 Å². The van der Waals surface area contributed by atoms with Crippen LogP contribution in [-0.4, -0.2) is 12.6 Å². The zero-order chi connectivity index (χ0) is 6.69. The fraction of sp³-hybridized carbons (Fsp3) is 0.714. The summed E-state index contributed by atoms with van der Waals surface area (Å²) in [5.41, 5.74) is 6.86. The van der Waals surface area contributed by atoms with Crippen LogP contribution in [0.4, 0.5) is 0 Å². The van der Waals surface area contributed by atoms with Crippen LogP contribution in [0.25, 0.3) is 0 Å². The molecule has 2 heteroatoms. The molecular weight excluding hydrogens is 112 g/mol. The van der Waals surface area contributed by atoms with E-state index >= 15 is 0 Å². The lowest BCUT2D eigenvalue weighted by molar-refractivity contribution is 0.600. The Morgan fingerprint density at radius 1 is 1.56 bits per heavy atom. The Balaban J connectivity index is 2.34. The Kier molecular flexibility index (Phi) is 2.11. The van der Waals surface area contributed by atoms with Gasteiger partial charge in [0, 0.05) is 18.3 Å². The van der Waals surface area contributed by atoms with E-state index in [-0.39, 0.29) is 0 Å². The van der Waals surface area contributed by atoms with Gasteiger partial charge in [-0.15, -0.1) is 0 Å². The minimum absolute atomic E-state index is 0.386. The van der Waals surface area contributed by atoms with Gasteiger partial charge < -0.3 is 11.1 Å². The van der Waals surface area contributed by atoms with Gasteiger partial charge in [0.05, 0.1) is 0 Å². The third kappa shape index (κ3) is 2.06. The lowest BCUT2D eigenvalue weighted by Crippen LogP contribution is -2.21. The molecule has 0 spiro atoms. The van der Waals surface area contributed by atoms with Crippen LogP contribution >= 0.6 is 0 Å². The molecule has 1 atom stereocenters. The molecule has 0 aromatic carbocycles. The van der Waals surface area contributed by atoms with Gasteiger partial charge >= 0.3 is 0 Å². The first kappa shape index (κ1) is 6.62. The first-order chi connectivity index (χ1) is 4.29. The molecule has 1 fully saturated rings. The summed E-state index contributed by atoms with van der Waals surface area (Å²) >= 11 is 0. The Labute approximate surface area is 56.1 Å². The topological polar surface area (TPSA) is 38.0 Å². The van der Waals surface area contributed by atoms with Crippen LogP contribution in [0.5, 0.6) is 0 Å². The zero-order valence-corrected chi connectivity index (χ0v) is 5.69. The number of hydrogen-bond acceptors (Lipinski definition) is 2. The molecule has 0 aliphatic carbocycles. The average molecular weight is 126 g/mol. The van der Waals surface area contributed by atoms with E-state index < -0.39 is 0 Å². The molecule has 1 unspecified atom stereocenters. The second-order valence-electron chi connectivity index (χ2n) is 2.62. The largest absolute Gasteiger partial charge is 0.389 e. The molecule has 3 N–H and O–H groups in total. The SMILES string of the molecule is C=C1CCC(N)CCN1. The van der Waals surface area contributed by atoms with Gasteiger partial charge in [0.2, 0.25) is 0 Å². The summed E-state index contributed by atoms with van der Waals surface area (Å²) in [5, 5.41) is 3.20. The van der Waals surface area contributed by atoms with Crippen molar-refractivity contribution in [1.82, 2.24) is 5.32 Å². The number of allylic oxidation sites excluding steroid dienone is 1. The maximum atomic E-state index is 5.72. The fourth-order valence-electron chi connectivity index (χ4n) is 1.03. The molecule has 1 aliphatic rings. The summed E-state index contributed by atoms with van der Waals surface area (Å²) in [4.78, 5) is 0.